The summed E-state index contributed by atoms with van der Waals surface area (Å²) in [6, 6.07) is 13.2. The van der Waals surface area contributed by atoms with Gasteiger partial charge in [-0.25, -0.2) is 4.98 Å². The molecule has 2 aromatic carbocycles. The maximum atomic E-state index is 12.5. The van der Waals surface area contributed by atoms with Gasteiger partial charge in [0.2, 0.25) is 0 Å². The molecule has 1 atom stereocenters. The highest BCUT2D eigenvalue weighted by atomic mass is 35.5. The molecule has 0 saturated heterocycles. The molecule has 0 fully saturated rings. The number of nitrogens with one attached hydrogen (secondary N) is 2. The summed E-state index contributed by atoms with van der Waals surface area (Å²) in [4.78, 5) is 29.0. The SMILES string of the molecule is C[C@@H](Oc1ccc(Cl)cc1Cl)C(=O)Nc1ccc2nc(NC(=O)c3ccco3)sc2c1. The van der Waals surface area contributed by atoms with E-state index in [1.807, 2.05) is 0 Å². The highest BCUT2D eigenvalue weighted by Crippen LogP contribution is 2.30. The molecule has 0 aliphatic rings. The van der Waals surface area contributed by atoms with Crippen molar-refractivity contribution in [3.8, 4) is 5.75 Å². The Labute approximate surface area is 190 Å². The number of halogens is 2. The Morgan fingerprint density at radius 3 is 2.71 bits per heavy atom. The van der Waals surface area contributed by atoms with Crippen LogP contribution in [0.5, 0.6) is 5.75 Å². The van der Waals surface area contributed by atoms with E-state index in [2.05, 4.69) is 15.6 Å². The number of hydrogen-bond acceptors (Lipinski definition) is 6. The van der Waals surface area contributed by atoms with Crippen LogP contribution in [0.1, 0.15) is 17.5 Å². The number of anilines is 2. The first-order chi connectivity index (χ1) is 14.9. The molecule has 0 saturated carbocycles. The number of furan rings is 1. The van der Waals surface area contributed by atoms with Crippen molar-refractivity contribution in [3.63, 3.8) is 0 Å². The molecule has 31 heavy (non-hydrogen) atoms. The fraction of sp³-hybridized carbons (Fsp3) is 0.0952. The van der Waals surface area contributed by atoms with Crippen LogP contribution in [-0.2, 0) is 4.79 Å². The third-order valence-electron chi connectivity index (χ3n) is 4.19. The van der Waals surface area contributed by atoms with E-state index in [0.29, 0.717) is 32.1 Å². The molecule has 2 N–H and O–H groups in total. The molecule has 0 aliphatic carbocycles. The maximum absolute atomic E-state index is 12.5. The van der Waals surface area contributed by atoms with Crippen LogP contribution in [0, 0.1) is 0 Å². The van der Waals surface area contributed by atoms with Crippen LogP contribution in [0.2, 0.25) is 10.0 Å². The number of rotatable bonds is 6. The number of fused-ring (bicyclic) bond motifs is 1. The minimum atomic E-state index is -0.793. The summed E-state index contributed by atoms with van der Waals surface area (Å²) in [6.07, 6.45) is 0.632. The molecule has 4 rings (SSSR count). The first-order valence-corrected chi connectivity index (χ1v) is 10.6. The molecule has 2 heterocycles. The number of aromatic nitrogens is 1. The average molecular weight is 476 g/mol. The van der Waals surface area contributed by atoms with Gasteiger partial charge in [-0.1, -0.05) is 34.5 Å². The summed E-state index contributed by atoms with van der Waals surface area (Å²) in [6.45, 7) is 1.62. The fourth-order valence-electron chi connectivity index (χ4n) is 2.68. The van der Waals surface area contributed by atoms with Crippen molar-refractivity contribution in [1.29, 1.82) is 0 Å². The zero-order chi connectivity index (χ0) is 22.0. The lowest BCUT2D eigenvalue weighted by molar-refractivity contribution is -0.122. The van der Waals surface area contributed by atoms with E-state index in [9.17, 15) is 9.59 Å². The van der Waals surface area contributed by atoms with Gasteiger partial charge in [0.25, 0.3) is 11.8 Å². The average Bonchev–Trinajstić information content (AvgIpc) is 3.39. The van der Waals surface area contributed by atoms with E-state index < -0.39 is 6.10 Å². The second-order valence-corrected chi connectivity index (χ2v) is 8.33. The van der Waals surface area contributed by atoms with Gasteiger partial charge in [-0.05, 0) is 55.5 Å². The minimum Gasteiger partial charge on any atom is -0.479 e. The summed E-state index contributed by atoms with van der Waals surface area (Å²) in [5.74, 6) is -0.170. The van der Waals surface area contributed by atoms with Crippen molar-refractivity contribution in [2.24, 2.45) is 0 Å². The minimum absolute atomic E-state index is 0.196. The Morgan fingerprint density at radius 2 is 1.97 bits per heavy atom. The molecule has 0 bridgehead atoms. The van der Waals surface area contributed by atoms with E-state index in [1.54, 1.807) is 55.5 Å². The van der Waals surface area contributed by atoms with Gasteiger partial charge in [-0.15, -0.1) is 0 Å². The molecule has 158 valence electrons. The van der Waals surface area contributed by atoms with E-state index in [0.717, 1.165) is 4.70 Å². The van der Waals surface area contributed by atoms with Crippen molar-refractivity contribution in [3.05, 3.63) is 70.6 Å². The molecule has 2 amide bonds. The van der Waals surface area contributed by atoms with Crippen LogP contribution in [0.15, 0.2) is 59.2 Å². The van der Waals surface area contributed by atoms with Crippen LogP contribution in [0.3, 0.4) is 0 Å². The third kappa shape index (κ3) is 4.99. The lowest BCUT2D eigenvalue weighted by atomic mass is 10.2. The first kappa shape index (κ1) is 21.2. The second-order valence-electron chi connectivity index (χ2n) is 6.46. The van der Waals surface area contributed by atoms with E-state index in [4.69, 9.17) is 32.4 Å². The Balaban J connectivity index is 1.43. The third-order valence-corrected chi connectivity index (χ3v) is 5.65. The number of amides is 2. The van der Waals surface area contributed by atoms with Crippen LogP contribution in [0.25, 0.3) is 10.2 Å². The zero-order valence-corrected chi connectivity index (χ0v) is 18.3. The lowest BCUT2D eigenvalue weighted by Gasteiger charge is -2.15. The first-order valence-electron chi connectivity index (χ1n) is 9.07. The predicted molar refractivity (Wildman–Crippen MR) is 121 cm³/mol. The fourth-order valence-corrected chi connectivity index (χ4v) is 4.03. The number of benzene rings is 2. The molecule has 0 aliphatic heterocycles. The highest BCUT2D eigenvalue weighted by Gasteiger charge is 2.17. The Bertz CT molecular complexity index is 1260. The summed E-state index contributed by atoms with van der Waals surface area (Å²) in [7, 11) is 0. The van der Waals surface area contributed by atoms with Crippen molar-refractivity contribution < 1.29 is 18.7 Å². The molecule has 0 radical (unpaired) electrons. The summed E-state index contributed by atoms with van der Waals surface area (Å²) in [5, 5.41) is 6.72. The molecule has 2 aromatic heterocycles. The zero-order valence-electron chi connectivity index (χ0n) is 16.0. The van der Waals surface area contributed by atoms with Gasteiger partial charge >= 0.3 is 0 Å². The molecule has 0 unspecified atom stereocenters. The second kappa shape index (κ2) is 8.97. The highest BCUT2D eigenvalue weighted by molar-refractivity contribution is 7.22. The number of thiazole rings is 1. The van der Waals surface area contributed by atoms with Gasteiger partial charge < -0.3 is 14.5 Å². The number of carbonyl (C=O) groups is 2. The number of hydrogen-bond donors (Lipinski definition) is 2. The summed E-state index contributed by atoms with van der Waals surface area (Å²) in [5.41, 5.74) is 1.26. The Kier molecular flexibility index (Phi) is 6.13. The predicted octanol–water partition coefficient (Wildman–Crippen LogP) is 5.85. The van der Waals surface area contributed by atoms with Crippen molar-refractivity contribution >= 4 is 67.4 Å². The van der Waals surface area contributed by atoms with E-state index in [1.165, 1.54) is 17.6 Å². The van der Waals surface area contributed by atoms with Gasteiger partial charge in [-0.3, -0.25) is 14.9 Å². The number of carbonyl (C=O) groups excluding carboxylic acids is 2. The maximum Gasteiger partial charge on any atom is 0.293 e. The number of ether oxygens (including phenoxy) is 1. The van der Waals surface area contributed by atoms with Crippen LogP contribution in [-0.4, -0.2) is 22.9 Å². The van der Waals surface area contributed by atoms with Gasteiger partial charge in [0.15, 0.2) is 17.0 Å². The van der Waals surface area contributed by atoms with E-state index in [-0.39, 0.29) is 17.6 Å². The Morgan fingerprint density at radius 1 is 1.13 bits per heavy atom. The number of nitrogens with zero attached hydrogens (tertiary/aromatic N) is 1. The van der Waals surface area contributed by atoms with Gasteiger partial charge in [-0.2, -0.15) is 0 Å². The summed E-state index contributed by atoms with van der Waals surface area (Å²) < 4.78 is 11.5. The van der Waals surface area contributed by atoms with Crippen molar-refractivity contribution in [2.75, 3.05) is 10.6 Å². The topological polar surface area (TPSA) is 93.5 Å². The Hall–Kier alpha value is -3.07. The molecule has 0 spiro atoms. The van der Waals surface area contributed by atoms with Crippen LogP contribution >= 0.6 is 34.5 Å². The smallest absolute Gasteiger partial charge is 0.293 e. The van der Waals surface area contributed by atoms with Crippen molar-refractivity contribution in [2.45, 2.75) is 13.0 Å². The van der Waals surface area contributed by atoms with Gasteiger partial charge in [0.05, 0.1) is 21.5 Å². The van der Waals surface area contributed by atoms with Gasteiger partial charge in [0, 0.05) is 10.7 Å². The molecule has 4 aromatic rings. The molecule has 7 nitrogen and oxygen atoms in total. The molecular formula is C21H15Cl2N3O4S. The quantitative estimate of drug-likeness (QED) is 0.364. The van der Waals surface area contributed by atoms with Crippen LogP contribution in [0.4, 0.5) is 10.8 Å². The van der Waals surface area contributed by atoms with E-state index >= 15 is 0 Å². The van der Waals surface area contributed by atoms with Crippen LogP contribution < -0.4 is 15.4 Å². The monoisotopic (exact) mass is 475 g/mol. The standard InChI is InChI=1S/C21H15Cl2N3O4S/c1-11(30-16-7-4-12(22)9-14(16)23)19(27)24-13-5-6-15-18(10-13)31-21(25-15)26-20(28)17-3-2-8-29-17/h2-11H,1H3,(H,24,27)(H,25,26,28)/t11-/m1/s1. The summed E-state index contributed by atoms with van der Waals surface area (Å²) >= 11 is 13.2. The molecular weight excluding hydrogens is 461 g/mol. The molecule has 10 heteroatoms. The largest absolute Gasteiger partial charge is 0.479 e. The lowest BCUT2D eigenvalue weighted by Crippen LogP contribution is -2.30. The van der Waals surface area contributed by atoms with Gasteiger partial charge in [0.1, 0.15) is 5.75 Å². The van der Waals surface area contributed by atoms with Crippen molar-refractivity contribution in [1.82, 2.24) is 4.98 Å². The normalized spacial score (nSPS) is 11.8.